The maximum Gasteiger partial charge on any atom is 0.261 e. The highest BCUT2D eigenvalue weighted by Gasteiger charge is 2.26. The Bertz CT molecular complexity index is 1590. The van der Waals surface area contributed by atoms with Gasteiger partial charge < -0.3 is 32.3 Å². The van der Waals surface area contributed by atoms with Crippen molar-refractivity contribution in [1.82, 2.24) is 30.5 Å². The number of fused-ring (bicyclic) bond motifs is 1. The van der Waals surface area contributed by atoms with Crippen molar-refractivity contribution in [2.45, 2.75) is 42.3 Å². The van der Waals surface area contributed by atoms with Gasteiger partial charge in [0.2, 0.25) is 17.8 Å². The third-order valence-corrected chi connectivity index (χ3v) is 8.56. The number of hydrogen-bond acceptors (Lipinski definition) is 12. The summed E-state index contributed by atoms with van der Waals surface area (Å²) in [6.07, 6.45) is 4.50. The van der Waals surface area contributed by atoms with Gasteiger partial charge in [-0.05, 0) is 68.3 Å². The first-order chi connectivity index (χ1) is 19.8. The molecule has 2 aromatic heterocycles. The number of H-pyrrole nitrogens is 1. The molecule has 15 heteroatoms. The van der Waals surface area contributed by atoms with E-state index in [0.717, 1.165) is 43.3 Å². The number of nitrogens with zero attached hydrogens (tertiary/aromatic N) is 5. The maximum absolute atomic E-state index is 13.0. The van der Waals surface area contributed by atoms with Gasteiger partial charge in [-0.3, -0.25) is 9.82 Å². The molecular weight excluding hydrogens is 544 g/mol. The summed E-state index contributed by atoms with van der Waals surface area (Å²) in [7, 11) is -3.81. The number of rotatable bonds is 8. The molecule has 3 atom stereocenters. The number of nitrogens with one attached hydrogen (secondary N) is 5. The second-order valence-corrected chi connectivity index (χ2v) is 12.2. The van der Waals surface area contributed by atoms with Crippen LogP contribution < -0.4 is 37.0 Å². The number of piperidine rings is 2. The first-order valence-electron chi connectivity index (χ1n) is 13.6. The van der Waals surface area contributed by atoms with Crippen molar-refractivity contribution in [3.63, 3.8) is 0 Å². The molecule has 14 nitrogen and oxygen atoms in total. The number of hydrogen-bond donors (Lipinski definition) is 7. The highest BCUT2D eigenvalue weighted by molar-refractivity contribution is 7.92. The average molecular weight is 579 g/mol. The summed E-state index contributed by atoms with van der Waals surface area (Å²) in [4.78, 5) is 16.0. The fourth-order valence-electron chi connectivity index (χ4n) is 5.19. The van der Waals surface area contributed by atoms with Crippen molar-refractivity contribution in [3.8, 4) is 0 Å². The van der Waals surface area contributed by atoms with Gasteiger partial charge in [-0.25, -0.2) is 8.42 Å². The minimum absolute atomic E-state index is 0.0737. The summed E-state index contributed by atoms with van der Waals surface area (Å²) in [6, 6.07) is 11.6. The number of sulfonamides is 1. The summed E-state index contributed by atoms with van der Waals surface area (Å²) in [5.41, 5.74) is 14.3. The molecule has 0 bridgehead atoms. The number of aromatic nitrogens is 5. The van der Waals surface area contributed by atoms with Crippen LogP contribution >= 0.6 is 0 Å². The predicted molar refractivity (Wildman–Crippen MR) is 159 cm³/mol. The minimum atomic E-state index is -3.81. The molecule has 41 heavy (non-hydrogen) atoms. The molecular formula is C26H34N12O2S. The molecule has 2 aromatic carbocycles. The second-order valence-electron chi connectivity index (χ2n) is 10.6. The van der Waals surface area contributed by atoms with Crippen molar-refractivity contribution in [2.24, 2.45) is 11.5 Å². The fourth-order valence-corrected chi connectivity index (χ4v) is 6.24. The van der Waals surface area contributed by atoms with E-state index in [2.05, 4.69) is 45.8 Å². The molecule has 9 N–H and O–H groups in total. The summed E-state index contributed by atoms with van der Waals surface area (Å²) in [6.45, 7) is 3.00. The predicted octanol–water partition coefficient (Wildman–Crippen LogP) is 1.32. The molecule has 2 aliphatic rings. The second kappa shape index (κ2) is 11.4. The van der Waals surface area contributed by atoms with Crippen LogP contribution in [0.3, 0.4) is 0 Å². The molecule has 0 radical (unpaired) electrons. The van der Waals surface area contributed by atoms with Crippen LogP contribution in [0.1, 0.15) is 19.3 Å². The molecule has 6 rings (SSSR count). The zero-order valence-corrected chi connectivity index (χ0v) is 23.2. The highest BCUT2D eigenvalue weighted by Crippen LogP contribution is 2.24. The van der Waals surface area contributed by atoms with Crippen LogP contribution in [0.25, 0.3) is 10.9 Å². The molecule has 0 aliphatic carbocycles. The molecule has 216 valence electrons. The lowest BCUT2D eigenvalue weighted by molar-refractivity contribution is 0.446. The van der Waals surface area contributed by atoms with Crippen LogP contribution in [-0.4, -0.2) is 77.9 Å². The van der Waals surface area contributed by atoms with Gasteiger partial charge >= 0.3 is 0 Å². The molecule has 4 aromatic rings. The molecule has 0 spiro atoms. The van der Waals surface area contributed by atoms with Crippen molar-refractivity contribution < 1.29 is 8.42 Å². The van der Waals surface area contributed by atoms with E-state index < -0.39 is 10.0 Å². The van der Waals surface area contributed by atoms with Crippen LogP contribution in [0.2, 0.25) is 0 Å². The Kier molecular flexibility index (Phi) is 7.57. The Balaban J connectivity index is 1.21. The third-order valence-electron chi connectivity index (χ3n) is 7.17. The quantitative estimate of drug-likeness (QED) is 0.158. The monoisotopic (exact) mass is 578 g/mol. The van der Waals surface area contributed by atoms with E-state index in [1.165, 1.54) is 12.1 Å². The number of nitrogens with two attached hydrogens (primary N) is 2. The van der Waals surface area contributed by atoms with Gasteiger partial charge in [-0.2, -0.15) is 20.1 Å². The molecule has 0 amide bonds. The van der Waals surface area contributed by atoms with Crippen LogP contribution in [0.5, 0.6) is 0 Å². The normalized spacial score (nSPS) is 21.5. The number of benzene rings is 2. The van der Waals surface area contributed by atoms with Gasteiger partial charge in [0.05, 0.1) is 22.3 Å². The zero-order chi connectivity index (χ0) is 28.4. The Labute approximate surface area is 237 Å². The van der Waals surface area contributed by atoms with E-state index in [9.17, 15) is 8.42 Å². The van der Waals surface area contributed by atoms with E-state index in [0.29, 0.717) is 42.3 Å². The first kappa shape index (κ1) is 27.1. The molecule has 0 saturated carbocycles. The highest BCUT2D eigenvalue weighted by atomic mass is 32.2. The van der Waals surface area contributed by atoms with E-state index >= 15 is 0 Å². The Morgan fingerprint density at radius 1 is 0.951 bits per heavy atom. The van der Waals surface area contributed by atoms with Gasteiger partial charge in [0.1, 0.15) is 0 Å². The van der Waals surface area contributed by atoms with Crippen LogP contribution in [0, 0.1) is 0 Å². The largest absolute Gasteiger partial charge is 0.350 e. The lowest BCUT2D eigenvalue weighted by atomic mass is 10.0. The van der Waals surface area contributed by atoms with Crippen LogP contribution in [-0.2, 0) is 10.0 Å². The molecule has 2 saturated heterocycles. The Hall–Kier alpha value is -4.05. The fraction of sp³-hybridized carbons (Fsp3) is 0.385. The minimum Gasteiger partial charge on any atom is -0.350 e. The molecule has 1 unspecified atom stereocenters. The standard InChI is InChI=1S/C26H34N12O2S/c27-17-10-18(28)15-38(14-17)26-34-24(33-25(35-26)32-21-2-1-9-29-13-21)31-19-5-7-22(8-6-19)41(39,40)37-20-4-3-16-12-30-36-23(16)11-20/h3-8,11-12,17-18,21,29,37H,1-2,9-10,13-15,27-28H2,(H,30,36)(H2,31,32,33,34,35)/t17-,18+,21?. The molecule has 2 aliphatic heterocycles. The average Bonchev–Trinajstić information content (AvgIpc) is 3.41. The van der Waals surface area contributed by atoms with Gasteiger partial charge in [0.25, 0.3) is 10.0 Å². The lowest BCUT2D eigenvalue weighted by Gasteiger charge is -2.34. The van der Waals surface area contributed by atoms with Crippen molar-refractivity contribution in [3.05, 3.63) is 48.7 Å². The number of anilines is 5. The van der Waals surface area contributed by atoms with Crippen molar-refractivity contribution in [2.75, 3.05) is 46.4 Å². The van der Waals surface area contributed by atoms with Gasteiger partial charge in [0, 0.05) is 48.8 Å². The summed E-state index contributed by atoms with van der Waals surface area (Å²) >= 11 is 0. The van der Waals surface area contributed by atoms with Gasteiger partial charge in [-0.15, -0.1) is 0 Å². The molecule has 4 heterocycles. The third kappa shape index (κ3) is 6.48. The van der Waals surface area contributed by atoms with Crippen molar-refractivity contribution in [1.29, 1.82) is 0 Å². The van der Waals surface area contributed by atoms with Gasteiger partial charge in [-0.1, -0.05) is 0 Å². The van der Waals surface area contributed by atoms with E-state index in [-0.39, 0.29) is 23.0 Å². The number of aromatic amines is 1. The molecule has 2 fully saturated rings. The first-order valence-corrected chi connectivity index (χ1v) is 15.1. The van der Waals surface area contributed by atoms with Crippen LogP contribution in [0.15, 0.2) is 53.6 Å². The van der Waals surface area contributed by atoms with E-state index in [1.54, 1.807) is 36.5 Å². The zero-order valence-electron chi connectivity index (χ0n) is 22.4. The Morgan fingerprint density at radius 3 is 2.46 bits per heavy atom. The Morgan fingerprint density at radius 2 is 1.71 bits per heavy atom. The topological polar surface area (TPSA) is 205 Å². The maximum atomic E-state index is 13.0. The SMILES string of the molecule is N[C@@H]1C[C@H](N)CN(c2nc(Nc3ccc(S(=O)(=O)Nc4ccc5cn[nH]c5c4)cc3)nc(NC3CCCNC3)n2)C1. The summed E-state index contributed by atoms with van der Waals surface area (Å²) < 4.78 is 28.7. The lowest BCUT2D eigenvalue weighted by Crippen LogP contribution is -2.53. The van der Waals surface area contributed by atoms with Crippen molar-refractivity contribution >= 4 is 50.1 Å². The van der Waals surface area contributed by atoms with E-state index in [4.69, 9.17) is 11.5 Å². The smallest absolute Gasteiger partial charge is 0.261 e. The van der Waals surface area contributed by atoms with Crippen LogP contribution in [0.4, 0.5) is 29.2 Å². The van der Waals surface area contributed by atoms with E-state index in [1.807, 2.05) is 4.90 Å². The summed E-state index contributed by atoms with van der Waals surface area (Å²) in [5, 5.41) is 17.7. The van der Waals surface area contributed by atoms with Gasteiger partial charge in [0.15, 0.2) is 0 Å². The summed E-state index contributed by atoms with van der Waals surface area (Å²) in [5.74, 6) is 1.27.